The van der Waals surface area contributed by atoms with E-state index in [0.29, 0.717) is 25.2 Å². The van der Waals surface area contributed by atoms with E-state index in [1.165, 1.54) is 7.11 Å². The van der Waals surface area contributed by atoms with Crippen molar-refractivity contribution in [3.8, 4) is 22.9 Å². The molecule has 19 heavy (non-hydrogen) atoms. The van der Waals surface area contributed by atoms with E-state index in [1.54, 1.807) is 12.1 Å². The first-order valence-corrected chi connectivity index (χ1v) is 7.52. The molecule has 1 heterocycles. The lowest BCUT2D eigenvalue weighted by atomic mass is 10.2. The first kappa shape index (κ1) is 15.1. The first-order chi connectivity index (χ1) is 8.93. The fraction of sp³-hybridized carbons (Fsp3) is 0.0909. The van der Waals surface area contributed by atoms with Crippen LogP contribution in [0, 0.1) is 3.57 Å². The van der Waals surface area contributed by atoms with Crippen molar-refractivity contribution in [2.24, 2.45) is 0 Å². The normalized spacial score (nSPS) is 10.6. The summed E-state index contributed by atoms with van der Waals surface area (Å²) in [6.07, 6.45) is 0. The number of halogens is 4. The Hall–Kier alpha value is -0.310. The minimum absolute atomic E-state index is 0.00829. The Bertz CT molecular complexity index is 632. The number of hydrogen-bond acceptors (Lipinski definition) is 4. The second-order valence-electron chi connectivity index (χ2n) is 3.45. The molecule has 2 rings (SSSR count). The van der Waals surface area contributed by atoms with Crippen molar-refractivity contribution in [2.75, 3.05) is 7.11 Å². The molecule has 1 aromatic heterocycles. The predicted octanol–water partition coefficient (Wildman–Crippen LogP) is 4.53. The highest BCUT2D eigenvalue weighted by Crippen LogP contribution is 2.38. The summed E-state index contributed by atoms with van der Waals surface area (Å²) in [5.41, 5.74) is 0.627. The molecule has 4 nitrogen and oxygen atoms in total. The van der Waals surface area contributed by atoms with Gasteiger partial charge in [-0.05, 0) is 50.7 Å². The van der Waals surface area contributed by atoms with Crippen LogP contribution in [0.3, 0.4) is 0 Å². The first-order valence-electron chi connectivity index (χ1n) is 4.89. The van der Waals surface area contributed by atoms with Gasteiger partial charge in [0.05, 0.1) is 15.2 Å². The van der Waals surface area contributed by atoms with Gasteiger partial charge in [-0.1, -0.05) is 23.2 Å². The molecule has 0 atom stereocenters. The lowest BCUT2D eigenvalue weighted by molar-refractivity contribution is 0.372. The van der Waals surface area contributed by atoms with E-state index < -0.39 is 0 Å². The average Bonchev–Trinajstić information content (AvgIpc) is 2.38. The summed E-state index contributed by atoms with van der Waals surface area (Å²) in [5, 5.41) is 10.3. The maximum Gasteiger partial charge on any atom is 0.172 e. The molecule has 0 aliphatic heterocycles. The van der Waals surface area contributed by atoms with Gasteiger partial charge in [0, 0.05) is 5.56 Å². The van der Waals surface area contributed by atoms with Gasteiger partial charge in [0.1, 0.15) is 10.3 Å². The Morgan fingerprint density at radius 2 is 1.84 bits per heavy atom. The molecular weight excluding hydrogens is 470 g/mol. The number of methoxy groups -OCH3 is 1. The molecule has 0 saturated carbocycles. The molecule has 1 aromatic carbocycles. The third kappa shape index (κ3) is 3.07. The largest absolute Gasteiger partial charge is 0.503 e. The van der Waals surface area contributed by atoms with Crippen LogP contribution in [0.15, 0.2) is 16.6 Å². The zero-order valence-electron chi connectivity index (χ0n) is 9.42. The molecular formula is C11H6BrCl2IN2O2. The smallest absolute Gasteiger partial charge is 0.172 e. The minimum Gasteiger partial charge on any atom is -0.503 e. The van der Waals surface area contributed by atoms with E-state index in [-0.39, 0.29) is 16.1 Å². The van der Waals surface area contributed by atoms with Gasteiger partial charge in [-0.3, -0.25) is 0 Å². The maximum atomic E-state index is 9.76. The Morgan fingerprint density at radius 1 is 1.26 bits per heavy atom. The monoisotopic (exact) mass is 474 g/mol. The van der Waals surface area contributed by atoms with Crippen LogP contribution in [0.5, 0.6) is 11.5 Å². The summed E-state index contributed by atoms with van der Waals surface area (Å²) in [5.74, 6) is 0.669. The number of phenolic OH excluding ortho intramolecular Hbond substituents is 1. The maximum absolute atomic E-state index is 9.76. The number of rotatable bonds is 2. The van der Waals surface area contributed by atoms with E-state index in [1.807, 2.05) is 22.6 Å². The molecule has 1 N–H and O–H groups in total. The van der Waals surface area contributed by atoms with Crippen LogP contribution in [0.2, 0.25) is 10.3 Å². The van der Waals surface area contributed by atoms with Crippen molar-refractivity contribution in [1.29, 1.82) is 0 Å². The molecule has 8 heteroatoms. The van der Waals surface area contributed by atoms with Crippen LogP contribution < -0.4 is 4.74 Å². The second kappa shape index (κ2) is 5.99. The van der Waals surface area contributed by atoms with Crippen molar-refractivity contribution in [3.05, 3.63) is 30.5 Å². The van der Waals surface area contributed by atoms with Gasteiger partial charge in [-0.15, -0.1) is 0 Å². The topological polar surface area (TPSA) is 55.2 Å². The van der Waals surface area contributed by atoms with Gasteiger partial charge in [0.2, 0.25) is 0 Å². The molecule has 0 saturated heterocycles. The molecule has 0 amide bonds. The van der Waals surface area contributed by atoms with Gasteiger partial charge in [0.25, 0.3) is 0 Å². The zero-order chi connectivity index (χ0) is 14.2. The fourth-order valence-corrected chi connectivity index (χ4v) is 2.45. The predicted molar refractivity (Wildman–Crippen MR) is 86.1 cm³/mol. The van der Waals surface area contributed by atoms with Crippen molar-refractivity contribution < 1.29 is 9.84 Å². The van der Waals surface area contributed by atoms with E-state index >= 15 is 0 Å². The SMILES string of the molecule is COc1cc(-c2nc(Cl)c(I)c(Cl)n2)cc(Br)c1O. The van der Waals surface area contributed by atoms with Crippen LogP contribution in [0.25, 0.3) is 11.4 Å². The minimum atomic E-state index is 0.00829. The Morgan fingerprint density at radius 3 is 2.37 bits per heavy atom. The van der Waals surface area contributed by atoms with E-state index in [0.717, 1.165) is 0 Å². The van der Waals surface area contributed by atoms with E-state index in [9.17, 15) is 5.11 Å². The van der Waals surface area contributed by atoms with Gasteiger partial charge >= 0.3 is 0 Å². The van der Waals surface area contributed by atoms with Crippen LogP contribution in [-0.2, 0) is 0 Å². The summed E-state index contributed by atoms with van der Waals surface area (Å²) < 4.78 is 6.13. The van der Waals surface area contributed by atoms with Crippen molar-refractivity contribution in [1.82, 2.24) is 9.97 Å². The van der Waals surface area contributed by atoms with Gasteiger partial charge in [-0.25, -0.2) is 9.97 Å². The van der Waals surface area contributed by atoms with Crippen LogP contribution in [0.1, 0.15) is 0 Å². The molecule has 0 aliphatic rings. The van der Waals surface area contributed by atoms with Crippen molar-refractivity contribution >= 4 is 61.7 Å². The summed E-state index contributed by atoms with van der Waals surface area (Å²) in [6, 6.07) is 3.27. The van der Waals surface area contributed by atoms with Crippen LogP contribution in [-0.4, -0.2) is 22.2 Å². The lowest BCUT2D eigenvalue weighted by Crippen LogP contribution is -1.95. The zero-order valence-corrected chi connectivity index (χ0v) is 14.7. The summed E-state index contributed by atoms with van der Waals surface area (Å²) in [7, 11) is 1.46. The van der Waals surface area contributed by atoms with Gasteiger partial charge in [-0.2, -0.15) is 0 Å². The third-order valence-corrected chi connectivity index (χ3v) is 5.09. The molecule has 100 valence electrons. The highest BCUT2D eigenvalue weighted by molar-refractivity contribution is 14.1. The summed E-state index contributed by atoms with van der Waals surface area (Å²) in [4.78, 5) is 8.31. The number of hydrogen-bond donors (Lipinski definition) is 1. The number of aromatic nitrogens is 2. The Kier molecular flexibility index (Phi) is 4.75. The van der Waals surface area contributed by atoms with Gasteiger partial charge in [0.15, 0.2) is 17.3 Å². The fourth-order valence-electron chi connectivity index (χ4n) is 1.38. The Balaban J connectivity index is 2.62. The highest BCUT2D eigenvalue weighted by Gasteiger charge is 2.14. The third-order valence-electron chi connectivity index (χ3n) is 2.28. The van der Waals surface area contributed by atoms with Crippen LogP contribution in [0.4, 0.5) is 0 Å². The van der Waals surface area contributed by atoms with Crippen molar-refractivity contribution in [3.63, 3.8) is 0 Å². The standard InChI is InChI=1S/C11H6BrCl2IN2O2/c1-19-6-3-4(2-5(12)8(6)18)11-16-9(13)7(15)10(14)17-11/h2-3,18H,1H3. The molecule has 0 aliphatic carbocycles. The summed E-state index contributed by atoms with van der Waals surface area (Å²) >= 11 is 17.2. The van der Waals surface area contributed by atoms with E-state index in [4.69, 9.17) is 27.9 Å². The quantitative estimate of drug-likeness (QED) is 0.512. The van der Waals surface area contributed by atoms with E-state index in [2.05, 4.69) is 25.9 Å². The number of benzene rings is 1. The van der Waals surface area contributed by atoms with Crippen molar-refractivity contribution in [2.45, 2.75) is 0 Å². The molecule has 0 spiro atoms. The second-order valence-corrected chi connectivity index (χ2v) is 6.10. The van der Waals surface area contributed by atoms with Gasteiger partial charge < -0.3 is 9.84 Å². The Labute approximate surface area is 141 Å². The molecule has 2 aromatic rings. The number of nitrogens with zero attached hydrogens (tertiary/aromatic N) is 2. The number of ether oxygens (including phenoxy) is 1. The molecule has 0 unspecified atom stereocenters. The van der Waals surface area contributed by atoms with Crippen LogP contribution >= 0.6 is 61.7 Å². The summed E-state index contributed by atoms with van der Waals surface area (Å²) in [6.45, 7) is 0. The molecule has 0 fully saturated rings. The highest BCUT2D eigenvalue weighted by atomic mass is 127. The number of phenols is 1. The average molecular weight is 476 g/mol. The molecule has 0 radical (unpaired) electrons. The number of aromatic hydroxyl groups is 1. The molecule has 0 bridgehead atoms. The lowest BCUT2D eigenvalue weighted by Gasteiger charge is -2.09.